The first-order chi connectivity index (χ1) is 8.28. The van der Waals surface area contributed by atoms with E-state index < -0.39 is 0 Å². The Balaban J connectivity index is 0.00000162. The lowest BCUT2D eigenvalue weighted by Gasteiger charge is -2.43. The molecule has 2 saturated heterocycles. The average molecular weight is 277 g/mol. The molecule has 0 spiro atoms. The minimum absolute atomic E-state index is 0. The van der Waals surface area contributed by atoms with Gasteiger partial charge in [-0.15, -0.1) is 12.4 Å². The molecule has 2 aliphatic heterocycles. The van der Waals surface area contributed by atoms with Gasteiger partial charge < -0.3 is 15.3 Å². The average Bonchev–Trinajstić information content (AvgIpc) is 2.40. The van der Waals surface area contributed by atoms with E-state index in [-0.39, 0.29) is 17.8 Å². The Kier molecular flexibility index (Phi) is 6.93. The van der Waals surface area contributed by atoms with Crippen LogP contribution in [0.2, 0.25) is 0 Å². The summed E-state index contributed by atoms with van der Waals surface area (Å²) in [6.45, 7) is 8.55. The van der Waals surface area contributed by atoms with Crippen molar-refractivity contribution in [2.24, 2.45) is 11.3 Å². The Labute approximate surface area is 118 Å². The zero-order chi connectivity index (χ0) is 12.1. The summed E-state index contributed by atoms with van der Waals surface area (Å²) in [5.74, 6) is 0.829. The number of rotatable bonds is 4. The Morgan fingerprint density at radius 3 is 2.83 bits per heavy atom. The van der Waals surface area contributed by atoms with E-state index in [2.05, 4.69) is 17.1 Å². The number of hydrogen-bond donors (Lipinski definition) is 2. The fourth-order valence-electron chi connectivity index (χ4n) is 3.44. The van der Waals surface area contributed by atoms with E-state index in [1.165, 1.54) is 51.9 Å². The van der Waals surface area contributed by atoms with Crippen molar-refractivity contribution in [3.8, 4) is 0 Å². The highest BCUT2D eigenvalue weighted by Gasteiger charge is 2.33. The molecule has 2 atom stereocenters. The summed E-state index contributed by atoms with van der Waals surface area (Å²) in [5, 5.41) is 13.1. The number of likely N-dealkylation sites (tertiary alicyclic amines) is 1. The first kappa shape index (κ1) is 16.2. The maximum absolute atomic E-state index is 9.63. The van der Waals surface area contributed by atoms with Crippen LogP contribution in [0.25, 0.3) is 0 Å². The Bertz CT molecular complexity index is 228. The van der Waals surface area contributed by atoms with Crippen LogP contribution in [0.3, 0.4) is 0 Å². The number of nitrogens with one attached hydrogen (secondary N) is 1. The predicted molar refractivity (Wildman–Crippen MR) is 78.3 cm³/mol. The minimum atomic E-state index is 0. The van der Waals surface area contributed by atoms with Crippen molar-refractivity contribution in [3.63, 3.8) is 0 Å². The lowest BCUT2D eigenvalue weighted by Crippen LogP contribution is -2.48. The molecule has 2 aliphatic rings. The fourth-order valence-corrected chi connectivity index (χ4v) is 3.44. The lowest BCUT2D eigenvalue weighted by molar-refractivity contribution is 0.0211. The van der Waals surface area contributed by atoms with Crippen LogP contribution in [0.4, 0.5) is 0 Å². The highest BCUT2D eigenvalue weighted by atomic mass is 35.5. The summed E-state index contributed by atoms with van der Waals surface area (Å²) >= 11 is 0. The third kappa shape index (κ3) is 4.09. The molecule has 3 nitrogen and oxygen atoms in total. The molecule has 4 heteroatoms. The van der Waals surface area contributed by atoms with Crippen LogP contribution < -0.4 is 5.32 Å². The largest absolute Gasteiger partial charge is 0.396 e. The zero-order valence-corrected chi connectivity index (χ0v) is 12.5. The molecule has 2 unspecified atom stereocenters. The molecule has 0 amide bonds. The second-order valence-electron chi connectivity index (χ2n) is 6.06. The van der Waals surface area contributed by atoms with E-state index in [1.807, 2.05) is 0 Å². The number of halogens is 1. The van der Waals surface area contributed by atoms with Crippen molar-refractivity contribution in [1.29, 1.82) is 0 Å². The summed E-state index contributed by atoms with van der Waals surface area (Å²) in [6, 6.07) is 0. The third-order valence-corrected chi connectivity index (χ3v) is 4.74. The maximum Gasteiger partial charge on any atom is 0.0499 e. The maximum atomic E-state index is 9.63. The number of piperidine rings is 2. The van der Waals surface area contributed by atoms with E-state index in [0.29, 0.717) is 6.61 Å². The molecule has 2 N–H and O–H groups in total. The van der Waals surface area contributed by atoms with E-state index in [9.17, 15) is 5.11 Å². The second-order valence-corrected chi connectivity index (χ2v) is 6.06. The number of nitrogens with zero attached hydrogens (tertiary/aromatic N) is 1. The smallest absolute Gasteiger partial charge is 0.0499 e. The molecular formula is C14H29ClN2O. The minimum Gasteiger partial charge on any atom is -0.396 e. The normalized spacial score (nSPS) is 34.0. The quantitative estimate of drug-likeness (QED) is 0.823. The molecule has 0 saturated carbocycles. The molecule has 0 radical (unpaired) electrons. The Hall–Kier alpha value is 0.170. The van der Waals surface area contributed by atoms with Gasteiger partial charge in [0.2, 0.25) is 0 Å². The van der Waals surface area contributed by atoms with Crippen LogP contribution in [0.5, 0.6) is 0 Å². The summed E-state index contributed by atoms with van der Waals surface area (Å²) in [6.07, 6.45) is 6.29. The van der Waals surface area contributed by atoms with Gasteiger partial charge in [0.1, 0.15) is 0 Å². The molecule has 2 heterocycles. The van der Waals surface area contributed by atoms with Crippen molar-refractivity contribution in [1.82, 2.24) is 10.2 Å². The van der Waals surface area contributed by atoms with Crippen molar-refractivity contribution < 1.29 is 5.11 Å². The van der Waals surface area contributed by atoms with Crippen LogP contribution in [0.15, 0.2) is 0 Å². The highest BCUT2D eigenvalue weighted by molar-refractivity contribution is 5.85. The standard InChI is InChI=1S/C14H28N2O.ClH/c1-2-14(12-17)6-4-8-16(11-14)10-13-5-3-7-15-9-13;/h13,15,17H,2-12H2,1H3;1H. The lowest BCUT2D eigenvalue weighted by atomic mass is 9.78. The van der Waals surface area contributed by atoms with Gasteiger partial charge >= 0.3 is 0 Å². The molecule has 0 aromatic rings. The van der Waals surface area contributed by atoms with Crippen molar-refractivity contribution in [2.75, 3.05) is 39.3 Å². The van der Waals surface area contributed by atoms with Crippen LogP contribution in [-0.4, -0.2) is 49.3 Å². The second kappa shape index (κ2) is 7.68. The van der Waals surface area contributed by atoms with Gasteiger partial charge in [0, 0.05) is 25.1 Å². The predicted octanol–water partition coefficient (Wildman–Crippen LogP) is 1.89. The summed E-state index contributed by atoms with van der Waals surface area (Å²) in [7, 11) is 0. The van der Waals surface area contributed by atoms with Crippen molar-refractivity contribution in [3.05, 3.63) is 0 Å². The Morgan fingerprint density at radius 1 is 1.39 bits per heavy atom. The van der Waals surface area contributed by atoms with E-state index >= 15 is 0 Å². The van der Waals surface area contributed by atoms with E-state index in [1.54, 1.807) is 0 Å². The van der Waals surface area contributed by atoms with Crippen LogP contribution in [-0.2, 0) is 0 Å². The molecule has 0 aliphatic carbocycles. The van der Waals surface area contributed by atoms with E-state index in [4.69, 9.17) is 0 Å². The topological polar surface area (TPSA) is 35.5 Å². The highest BCUT2D eigenvalue weighted by Crippen LogP contribution is 2.33. The zero-order valence-electron chi connectivity index (χ0n) is 11.7. The fraction of sp³-hybridized carbons (Fsp3) is 1.00. The molecule has 2 fully saturated rings. The van der Waals surface area contributed by atoms with Crippen molar-refractivity contribution >= 4 is 12.4 Å². The summed E-state index contributed by atoms with van der Waals surface area (Å²) < 4.78 is 0. The monoisotopic (exact) mass is 276 g/mol. The van der Waals surface area contributed by atoms with Gasteiger partial charge in [0.05, 0.1) is 0 Å². The molecular weight excluding hydrogens is 248 g/mol. The molecule has 18 heavy (non-hydrogen) atoms. The molecule has 0 aromatic carbocycles. The van der Waals surface area contributed by atoms with Gasteiger partial charge in [0.25, 0.3) is 0 Å². The van der Waals surface area contributed by atoms with Crippen LogP contribution >= 0.6 is 12.4 Å². The number of aliphatic hydroxyl groups is 1. The number of hydrogen-bond acceptors (Lipinski definition) is 3. The summed E-state index contributed by atoms with van der Waals surface area (Å²) in [4.78, 5) is 2.60. The first-order valence-electron chi connectivity index (χ1n) is 7.32. The van der Waals surface area contributed by atoms with Gasteiger partial charge in [-0.25, -0.2) is 0 Å². The van der Waals surface area contributed by atoms with Crippen LogP contribution in [0.1, 0.15) is 39.0 Å². The summed E-state index contributed by atoms with van der Waals surface area (Å²) in [5.41, 5.74) is 0.195. The first-order valence-corrected chi connectivity index (χ1v) is 7.32. The molecule has 0 aromatic heterocycles. The Morgan fingerprint density at radius 2 is 2.22 bits per heavy atom. The van der Waals surface area contributed by atoms with Gasteiger partial charge in [-0.2, -0.15) is 0 Å². The number of aliphatic hydroxyl groups excluding tert-OH is 1. The van der Waals surface area contributed by atoms with E-state index in [0.717, 1.165) is 18.9 Å². The van der Waals surface area contributed by atoms with Gasteiger partial charge in [-0.1, -0.05) is 6.92 Å². The molecule has 0 bridgehead atoms. The van der Waals surface area contributed by atoms with Gasteiger partial charge in [-0.05, 0) is 57.7 Å². The van der Waals surface area contributed by atoms with Gasteiger partial charge in [-0.3, -0.25) is 0 Å². The molecule has 2 rings (SSSR count). The van der Waals surface area contributed by atoms with Gasteiger partial charge in [0.15, 0.2) is 0 Å². The SMILES string of the molecule is CCC1(CO)CCCN(CC2CCCNC2)C1.Cl. The van der Waals surface area contributed by atoms with Crippen LogP contribution in [0, 0.1) is 11.3 Å². The third-order valence-electron chi connectivity index (χ3n) is 4.74. The molecule has 108 valence electrons. The van der Waals surface area contributed by atoms with Crippen molar-refractivity contribution in [2.45, 2.75) is 39.0 Å².